The lowest BCUT2D eigenvalue weighted by molar-refractivity contribution is -0.131. The summed E-state index contributed by atoms with van der Waals surface area (Å²) in [4.78, 5) is 204. The Morgan fingerprint density at radius 1 is 0.763 bits per heavy atom. The first-order chi connectivity index (χ1) is 53.7. The molecular formula is C72H85N19O18S5. The third-order valence-corrected chi connectivity index (χ3v) is 24.3. The van der Waals surface area contributed by atoms with Crippen molar-refractivity contribution in [3.63, 3.8) is 0 Å². The van der Waals surface area contributed by atoms with Crippen LogP contribution in [0.4, 0.5) is 0 Å². The molecule has 17 atom stereocenters. The zero-order chi connectivity index (χ0) is 83.4. The number of fused-ring (bicyclic) bond motifs is 7. The highest BCUT2D eigenvalue weighted by Gasteiger charge is 2.51. The van der Waals surface area contributed by atoms with Crippen LogP contribution in [0, 0.1) is 5.92 Å². The third-order valence-electron chi connectivity index (χ3n) is 19.5. The van der Waals surface area contributed by atoms with E-state index in [1.807, 2.05) is 0 Å². The number of aliphatic hydroxyl groups is 5. The Bertz CT molecular complexity index is 4880. The standard InChI is InChI=1S/C72H85N19O18S5/c1-14-26(3)47-63(105)78-30(7)57(99)75-28(5)56(98)76-31(8)58(100)91-72-19-18-40(66-85-43(22-111-66)59(101)77-29(6)55(97)74-27(4)54(73)96)81-52(72)42-21-112-67(83-42)49(34(11)109-69(107)41-20-37(32(9)92)36-16-17-39(79-47)51(95)50(36)80-41)89-60(102)44-24-113-68(86-44)53(71(13,108)35(12)94)90-62(104)45-23-110-65(84-45)38(15-2)82-64(106)48(33(10)93)88-61(103)46-25-114-70(72)87-46/h15-17,20-22,24-26,30-35,39,45,47-49,51-53,79,92-95,108H,4-6,14,18-19,23H2,1-3,7-13H3,(H2,73,96)(H,74,97)(H,75,99)(H,76,98)(H,77,101)(H,78,105)(H,82,106)(H,88,103)(H,89,102)(H,90,104)(H,91,100)/b38-15-/t26-,30-,31-,32-,33-,34+,35-,39+,45-,47-,48+,49+,51-,52+,53-,71-,72-/m1/s1. The molecular weight excluding hydrogens is 1580 g/mol. The number of aliphatic hydroxyl groups excluding tert-OH is 4. The average molecular weight is 1660 g/mol. The summed E-state index contributed by atoms with van der Waals surface area (Å²) in [6, 6.07) is -11.6. The van der Waals surface area contributed by atoms with Crippen molar-refractivity contribution in [1.82, 2.24) is 83.4 Å². The molecule has 10 rings (SSSR count). The Morgan fingerprint density at radius 2 is 1.45 bits per heavy atom. The molecule has 0 fully saturated rings. The molecule has 0 aromatic carbocycles. The molecule has 0 spiro atoms. The molecule has 0 radical (unpaired) electrons. The average Bonchev–Trinajstić information content (AvgIpc) is 1.50. The number of ether oxygens (including phenoxy) is 1. The summed E-state index contributed by atoms with van der Waals surface area (Å²) >= 11 is 4.42. The molecule has 42 heteroatoms. The van der Waals surface area contributed by atoms with Crippen LogP contribution in [0.2, 0.25) is 0 Å². The van der Waals surface area contributed by atoms with Crippen LogP contribution in [0.25, 0.3) is 6.08 Å². The van der Waals surface area contributed by atoms with Gasteiger partial charge >= 0.3 is 5.97 Å². The van der Waals surface area contributed by atoms with Gasteiger partial charge in [0.1, 0.15) is 113 Å². The van der Waals surface area contributed by atoms with E-state index in [-0.39, 0.29) is 94.7 Å². The van der Waals surface area contributed by atoms with Gasteiger partial charge < -0.3 is 89.2 Å². The number of carbonyl (C=O) groups is 12. The third kappa shape index (κ3) is 18.6. The van der Waals surface area contributed by atoms with Crippen molar-refractivity contribution in [3.8, 4) is 0 Å². The normalized spacial score (nSPS) is 26.9. The minimum atomic E-state index is -2.21. The number of esters is 1. The molecule has 9 heterocycles. The Balaban J connectivity index is 1.18. The second-order valence-corrected chi connectivity index (χ2v) is 32.3. The molecule has 11 amide bonds. The summed E-state index contributed by atoms with van der Waals surface area (Å²) in [5.41, 5.74) is -1.79. The Hall–Kier alpha value is -10.5. The van der Waals surface area contributed by atoms with E-state index in [9.17, 15) is 68.7 Å². The fraction of sp³-hybridized carbons (Fsp3) is 0.431. The number of thiazole rings is 4. The number of rotatable bonds is 12. The Kier molecular flexibility index (Phi) is 26.7. The van der Waals surface area contributed by atoms with E-state index in [0.717, 1.165) is 57.1 Å². The first-order valence-electron chi connectivity index (χ1n) is 35.6. The van der Waals surface area contributed by atoms with E-state index < -0.39 is 196 Å². The van der Waals surface area contributed by atoms with Crippen molar-refractivity contribution in [2.24, 2.45) is 21.6 Å². The zero-order valence-electron chi connectivity index (χ0n) is 63.0. The lowest BCUT2D eigenvalue weighted by atomic mass is 9.80. The van der Waals surface area contributed by atoms with Crippen LogP contribution >= 0.6 is 57.1 Å². The van der Waals surface area contributed by atoms with Crippen LogP contribution in [0.1, 0.15) is 203 Å². The van der Waals surface area contributed by atoms with E-state index in [1.54, 1.807) is 26.8 Å². The summed E-state index contributed by atoms with van der Waals surface area (Å²) in [5, 5.41) is 92.2. The molecule has 18 N–H and O–H groups in total. The van der Waals surface area contributed by atoms with Crippen LogP contribution in [-0.2, 0) is 48.6 Å². The van der Waals surface area contributed by atoms with Gasteiger partial charge in [-0.3, -0.25) is 68.0 Å². The van der Waals surface area contributed by atoms with Crippen LogP contribution < -0.4 is 64.2 Å². The largest absolute Gasteiger partial charge is 0.455 e. The number of aromatic nitrogens is 5. The van der Waals surface area contributed by atoms with Crippen molar-refractivity contribution >= 4 is 145 Å². The lowest BCUT2D eigenvalue weighted by Crippen LogP contribution is -2.57. The van der Waals surface area contributed by atoms with Crippen molar-refractivity contribution in [3.05, 3.63) is 148 Å². The smallest absolute Gasteiger partial charge is 0.357 e. The van der Waals surface area contributed by atoms with Crippen molar-refractivity contribution < 1.29 is 87.8 Å². The number of hydrogen-bond acceptors (Lipinski definition) is 31. The molecule has 37 nitrogen and oxygen atoms in total. The topological polar surface area (TPSA) is 563 Å². The monoisotopic (exact) mass is 1660 g/mol. The minimum Gasteiger partial charge on any atom is -0.455 e. The number of primary amides is 1. The van der Waals surface area contributed by atoms with Gasteiger partial charge in [0.15, 0.2) is 0 Å². The molecule has 1 aliphatic carbocycles. The van der Waals surface area contributed by atoms with Gasteiger partial charge in [-0.05, 0) is 85.8 Å². The number of nitrogens with one attached hydrogen (secondary N) is 11. The van der Waals surface area contributed by atoms with Gasteiger partial charge in [0.05, 0.1) is 70.3 Å². The molecule has 114 heavy (non-hydrogen) atoms. The highest BCUT2D eigenvalue weighted by atomic mass is 32.2. The maximum atomic E-state index is 15.4. The number of cyclic esters (lactones) is 1. The van der Waals surface area contributed by atoms with Gasteiger partial charge in [-0.15, -0.1) is 57.1 Å². The minimum absolute atomic E-state index is 0.0158. The van der Waals surface area contributed by atoms with Gasteiger partial charge in [0.2, 0.25) is 29.5 Å². The first kappa shape index (κ1) is 85.9. The molecule has 5 aromatic heterocycles. The number of amides is 11. The molecule has 0 saturated carbocycles. The SMILES string of the molecule is C=C(NC(=O)C(=C)NC(=O)c1csc(C2=N[C@H]3c4csc(n4)[C@H]4NC(=O)c5csc(n5)[C@H]([C@](C)(O)[C@@H](C)O)NC(=O)[C@H]5CSC(=N5)/C(=C/C)NC(=O)[C@H]([C@@H](C)O)NC(=O)c5csc(n5)[C@]3(CC2)NC(=O)[C@@H](C)NC(=O)C(=C)NC(=O)[C@@H](C)NC(=O)[C@@H]([C@H](C)CC)N[C@H]2C=Cc3c([C@@H](C)O)cc(nc3[C@@H]2O)C(=O)O[C@H]4C)n1)C(N)=O. The van der Waals surface area contributed by atoms with Gasteiger partial charge in [0, 0.05) is 32.8 Å². The summed E-state index contributed by atoms with van der Waals surface area (Å²) in [5.74, 6) is -12.2. The van der Waals surface area contributed by atoms with Gasteiger partial charge in [-0.1, -0.05) is 58.2 Å². The van der Waals surface area contributed by atoms with Crippen LogP contribution in [0.5, 0.6) is 0 Å². The van der Waals surface area contributed by atoms with Gasteiger partial charge in [-0.25, -0.2) is 29.7 Å². The second-order valence-electron chi connectivity index (χ2n) is 27.8. The van der Waals surface area contributed by atoms with Crippen LogP contribution in [-0.4, -0.2) is 198 Å². The summed E-state index contributed by atoms with van der Waals surface area (Å²) in [7, 11) is 0. The highest BCUT2D eigenvalue weighted by molar-refractivity contribution is 8.14. The zero-order valence-corrected chi connectivity index (χ0v) is 67.1. The fourth-order valence-electron chi connectivity index (χ4n) is 12.3. The molecule has 606 valence electrons. The predicted molar refractivity (Wildman–Crippen MR) is 418 cm³/mol. The van der Waals surface area contributed by atoms with Gasteiger partial charge in [-0.2, -0.15) is 0 Å². The number of carbonyl (C=O) groups excluding carboxylic acids is 12. The van der Waals surface area contributed by atoms with Crippen molar-refractivity contribution in [2.45, 2.75) is 185 Å². The fourth-order valence-corrected chi connectivity index (χ4v) is 17.2. The van der Waals surface area contributed by atoms with Gasteiger partial charge in [0.25, 0.3) is 35.4 Å². The summed E-state index contributed by atoms with van der Waals surface area (Å²) < 4.78 is 6.26. The summed E-state index contributed by atoms with van der Waals surface area (Å²) in [6.45, 7) is 24.9. The number of nitrogens with two attached hydrogens (primary N) is 1. The highest BCUT2D eigenvalue weighted by Crippen LogP contribution is 2.48. The molecule has 13 bridgehead atoms. The number of thioether (sulfide) groups is 1. The maximum absolute atomic E-state index is 15.4. The predicted octanol–water partition coefficient (Wildman–Crippen LogP) is 0.774. The molecule has 0 saturated heterocycles. The van der Waals surface area contributed by atoms with E-state index in [2.05, 4.69) is 98.2 Å². The lowest BCUT2D eigenvalue weighted by Gasteiger charge is -2.41. The number of hydrogen-bond donors (Lipinski definition) is 17. The maximum Gasteiger partial charge on any atom is 0.357 e. The van der Waals surface area contributed by atoms with Crippen LogP contribution in [0.3, 0.4) is 0 Å². The van der Waals surface area contributed by atoms with Crippen molar-refractivity contribution in [2.75, 3.05) is 5.75 Å². The Labute approximate surface area is 671 Å². The van der Waals surface area contributed by atoms with E-state index in [4.69, 9.17) is 25.4 Å². The molecule has 5 aromatic rings. The molecule has 0 unspecified atom stereocenters. The molecule has 5 aliphatic rings. The van der Waals surface area contributed by atoms with E-state index in [0.29, 0.717) is 6.42 Å². The Morgan fingerprint density at radius 3 is 2.12 bits per heavy atom. The quantitative estimate of drug-likeness (QED) is 0.0606. The number of aliphatic imine (C=N–C) groups is 2. The number of allylic oxidation sites excluding steroid dienone is 1. The van der Waals surface area contributed by atoms with Crippen LogP contribution in [0.15, 0.2) is 92.2 Å². The van der Waals surface area contributed by atoms with E-state index in [1.165, 1.54) is 88.2 Å². The first-order valence-corrected chi connectivity index (χ1v) is 40.1. The summed E-state index contributed by atoms with van der Waals surface area (Å²) in [6.07, 6.45) is -3.18. The van der Waals surface area contributed by atoms with E-state index >= 15 is 14.4 Å². The molecule has 4 aliphatic heterocycles. The number of pyridine rings is 1. The van der Waals surface area contributed by atoms with Crippen molar-refractivity contribution in [1.29, 1.82) is 0 Å². The number of nitrogens with zero attached hydrogens (tertiary/aromatic N) is 7. The second kappa shape index (κ2) is 35.5.